The molecule has 0 heterocycles. The summed E-state index contributed by atoms with van der Waals surface area (Å²) in [5.41, 5.74) is 1.27. The molecular formula is C13H13BrOS. The van der Waals surface area contributed by atoms with Gasteiger partial charge in [0, 0.05) is 20.2 Å². The Morgan fingerprint density at radius 3 is 2.56 bits per heavy atom. The fourth-order valence-corrected chi connectivity index (χ4v) is 3.10. The van der Waals surface area contributed by atoms with Gasteiger partial charge in [0.25, 0.3) is 0 Å². The predicted molar refractivity (Wildman–Crippen MR) is 72.7 cm³/mol. The van der Waals surface area contributed by atoms with E-state index in [9.17, 15) is 0 Å². The van der Waals surface area contributed by atoms with Gasteiger partial charge in [-0.2, -0.15) is 0 Å². The van der Waals surface area contributed by atoms with Crippen LogP contribution >= 0.6 is 27.7 Å². The Morgan fingerprint density at radius 2 is 2.00 bits per heavy atom. The Bertz CT molecular complexity index is 434. The second-order valence-corrected chi connectivity index (χ2v) is 5.75. The summed E-state index contributed by atoms with van der Waals surface area (Å²) in [6, 6.07) is 8.46. The van der Waals surface area contributed by atoms with Gasteiger partial charge in [-0.05, 0) is 19.1 Å². The molecule has 1 nitrogen and oxygen atoms in total. The lowest BCUT2D eigenvalue weighted by Gasteiger charge is -2.06. The first-order valence-electron chi connectivity index (χ1n) is 5.14. The summed E-state index contributed by atoms with van der Waals surface area (Å²) in [6.07, 6.45) is 4.09. The third-order valence-corrected chi connectivity index (χ3v) is 4.85. The molecule has 1 aromatic rings. The summed E-state index contributed by atoms with van der Waals surface area (Å²) in [5.74, 6) is 0.132. The molecule has 1 aliphatic rings. The van der Waals surface area contributed by atoms with Crippen LogP contribution in [0.25, 0.3) is 0 Å². The molecule has 0 amide bonds. The molecule has 0 aliphatic heterocycles. The first-order valence-corrected chi connectivity index (χ1v) is 6.75. The van der Waals surface area contributed by atoms with E-state index in [1.807, 2.05) is 6.08 Å². The number of allylic oxidation sites excluding steroid dienone is 1. The van der Waals surface area contributed by atoms with Gasteiger partial charge in [0.2, 0.25) is 0 Å². The summed E-state index contributed by atoms with van der Waals surface area (Å²) >= 11 is 5.26. The molecule has 1 atom stereocenters. The number of thioether (sulfide) groups is 1. The van der Waals surface area contributed by atoms with Crippen molar-refractivity contribution in [2.45, 2.75) is 11.8 Å². The van der Waals surface area contributed by atoms with Crippen LogP contribution in [0.3, 0.4) is 0 Å². The number of halogens is 1. The van der Waals surface area contributed by atoms with E-state index in [2.05, 4.69) is 53.2 Å². The van der Waals surface area contributed by atoms with E-state index in [-0.39, 0.29) is 12.5 Å². The fourth-order valence-electron chi connectivity index (χ4n) is 1.51. The predicted octanol–water partition coefficient (Wildman–Crippen LogP) is 3.87. The summed E-state index contributed by atoms with van der Waals surface area (Å²) in [6.45, 7) is 2.25. The van der Waals surface area contributed by atoms with E-state index in [0.29, 0.717) is 0 Å². The van der Waals surface area contributed by atoms with Crippen LogP contribution in [-0.2, 0) is 0 Å². The van der Waals surface area contributed by atoms with E-state index in [0.717, 1.165) is 4.48 Å². The maximum absolute atomic E-state index is 9.13. The van der Waals surface area contributed by atoms with Crippen LogP contribution in [0, 0.1) is 12.8 Å². The zero-order valence-electron chi connectivity index (χ0n) is 8.98. The molecule has 0 fully saturated rings. The summed E-state index contributed by atoms with van der Waals surface area (Å²) in [5, 5.41) is 9.13. The van der Waals surface area contributed by atoms with Crippen molar-refractivity contribution in [3.8, 4) is 0 Å². The van der Waals surface area contributed by atoms with Gasteiger partial charge in [-0.15, -0.1) is 0 Å². The molecule has 0 saturated heterocycles. The second kappa shape index (κ2) is 5.21. The number of hydrogen-bond donors (Lipinski definition) is 1. The third kappa shape index (κ3) is 2.59. The summed E-state index contributed by atoms with van der Waals surface area (Å²) in [7, 11) is 0. The van der Waals surface area contributed by atoms with Gasteiger partial charge in [-0.3, -0.25) is 0 Å². The molecule has 84 valence electrons. The van der Waals surface area contributed by atoms with Crippen LogP contribution in [0.5, 0.6) is 0 Å². The Labute approximate surface area is 108 Å². The van der Waals surface area contributed by atoms with Gasteiger partial charge in [0.15, 0.2) is 0 Å². The van der Waals surface area contributed by atoms with Crippen molar-refractivity contribution in [1.29, 1.82) is 0 Å². The van der Waals surface area contributed by atoms with Gasteiger partial charge in [-0.25, -0.2) is 0 Å². The Morgan fingerprint density at radius 1 is 1.31 bits per heavy atom. The molecule has 16 heavy (non-hydrogen) atoms. The van der Waals surface area contributed by atoms with Crippen LogP contribution < -0.4 is 0 Å². The van der Waals surface area contributed by atoms with E-state index >= 15 is 0 Å². The zero-order valence-corrected chi connectivity index (χ0v) is 11.4. The number of benzene rings is 1. The van der Waals surface area contributed by atoms with Crippen molar-refractivity contribution in [2.24, 2.45) is 5.92 Å². The lowest BCUT2D eigenvalue weighted by atomic mass is 10.2. The van der Waals surface area contributed by atoms with E-state index < -0.39 is 0 Å². The maximum atomic E-state index is 9.13. The van der Waals surface area contributed by atoms with Crippen LogP contribution in [0.4, 0.5) is 0 Å². The minimum atomic E-state index is 0.132. The zero-order chi connectivity index (χ0) is 11.5. The Kier molecular flexibility index (Phi) is 3.90. The number of aryl methyl sites for hydroxylation is 1. The van der Waals surface area contributed by atoms with Gasteiger partial charge in [0.1, 0.15) is 0 Å². The number of aliphatic hydroxyl groups excluding tert-OH is 1. The summed E-state index contributed by atoms with van der Waals surface area (Å²) in [4.78, 5) is 2.41. The lowest BCUT2D eigenvalue weighted by molar-refractivity contribution is 0.274. The molecule has 1 aliphatic carbocycles. The monoisotopic (exact) mass is 296 g/mol. The molecule has 2 rings (SSSR count). The lowest BCUT2D eigenvalue weighted by Crippen LogP contribution is -1.98. The molecule has 0 unspecified atom stereocenters. The van der Waals surface area contributed by atoms with Crippen molar-refractivity contribution in [3.63, 3.8) is 0 Å². The molecular weight excluding hydrogens is 284 g/mol. The second-order valence-electron chi connectivity index (χ2n) is 3.78. The first-order chi connectivity index (χ1) is 7.70. The normalized spacial score (nSPS) is 19.6. The van der Waals surface area contributed by atoms with Gasteiger partial charge >= 0.3 is 0 Å². The number of hydrogen-bond acceptors (Lipinski definition) is 2. The number of aliphatic hydroxyl groups is 1. The van der Waals surface area contributed by atoms with Gasteiger partial charge in [-0.1, -0.05) is 57.5 Å². The first kappa shape index (κ1) is 12.0. The highest BCUT2D eigenvalue weighted by atomic mass is 79.9. The van der Waals surface area contributed by atoms with Crippen molar-refractivity contribution >= 4 is 27.7 Å². The van der Waals surface area contributed by atoms with E-state index in [4.69, 9.17) is 5.11 Å². The van der Waals surface area contributed by atoms with Gasteiger partial charge < -0.3 is 5.11 Å². The molecule has 0 aromatic heterocycles. The maximum Gasteiger partial charge on any atom is 0.0540 e. The minimum Gasteiger partial charge on any atom is -0.395 e. The molecule has 0 saturated carbocycles. The molecule has 1 N–H and O–H groups in total. The largest absolute Gasteiger partial charge is 0.395 e. The number of rotatable bonds is 3. The quantitative estimate of drug-likeness (QED) is 0.914. The van der Waals surface area contributed by atoms with Crippen LogP contribution in [0.15, 0.2) is 50.7 Å². The molecule has 0 radical (unpaired) electrons. The molecule has 0 spiro atoms. The highest BCUT2D eigenvalue weighted by Crippen LogP contribution is 2.39. The SMILES string of the molecule is Cc1ccc(SC2=C(Br)[C@H](CO)C=C2)cc1. The topological polar surface area (TPSA) is 20.2 Å². The highest BCUT2D eigenvalue weighted by molar-refractivity contribution is 9.11. The standard InChI is InChI=1S/C13H13BrOS/c1-9-2-5-11(6-3-9)16-12-7-4-10(8-15)13(12)14/h2-7,10,15H,8H2,1H3/t10-/m0/s1. The van der Waals surface area contributed by atoms with Gasteiger partial charge in [0.05, 0.1) is 6.61 Å². The van der Waals surface area contributed by atoms with Crippen LogP contribution in [-0.4, -0.2) is 11.7 Å². The Balaban J connectivity index is 2.14. The van der Waals surface area contributed by atoms with Crippen molar-refractivity contribution in [2.75, 3.05) is 6.61 Å². The fraction of sp³-hybridized carbons (Fsp3) is 0.231. The third-order valence-electron chi connectivity index (χ3n) is 2.49. The van der Waals surface area contributed by atoms with Crippen LogP contribution in [0.1, 0.15) is 5.56 Å². The smallest absolute Gasteiger partial charge is 0.0540 e. The van der Waals surface area contributed by atoms with E-state index in [1.165, 1.54) is 15.4 Å². The van der Waals surface area contributed by atoms with Crippen LogP contribution in [0.2, 0.25) is 0 Å². The average Bonchev–Trinajstić information content (AvgIpc) is 2.63. The van der Waals surface area contributed by atoms with Crippen molar-refractivity contribution in [3.05, 3.63) is 51.4 Å². The van der Waals surface area contributed by atoms with Crippen molar-refractivity contribution < 1.29 is 5.11 Å². The Hall–Kier alpha value is -0.510. The summed E-state index contributed by atoms with van der Waals surface area (Å²) < 4.78 is 1.08. The minimum absolute atomic E-state index is 0.132. The van der Waals surface area contributed by atoms with E-state index in [1.54, 1.807) is 11.8 Å². The van der Waals surface area contributed by atoms with Crippen molar-refractivity contribution in [1.82, 2.24) is 0 Å². The average molecular weight is 297 g/mol. The molecule has 3 heteroatoms. The molecule has 0 bridgehead atoms. The molecule has 1 aromatic carbocycles. The highest BCUT2D eigenvalue weighted by Gasteiger charge is 2.18.